The van der Waals surface area contributed by atoms with E-state index in [4.69, 9.17) is 24.8 Å². The Labute approximate surface area is 350 Å². The van der Waals surface area contributed by atoms with E-state index in [-0.39, 0.29) is 19.4 Å². The zero-order valence-electron chi connectivity index (χ0n) is 35.6. The van der Waals surface area contributed by atoms with Gasteiger partial charge in [0, 0.05) is 12.8 Å². The van der Waals surface area contributed by atoms with E-state index in [0.717, 1.165) is 96.3 Å². The molecule has 3 atom stereocenters. The van der Waals surface area contributed by atoms with Crippen LogP contribution in [0.5, 0.6) is 0 Å². The number of carbonyl (C=O) groups excluding carboxylic acids is 2. The quantitative estimate of drug-likeness (QED) is 0.0233. The first-order chi connectivity index (χ1) is 28.1. The van der Waals surface area contributed by atoms with Gasteiger partial charge in [0.05, 0.1) is 13.2 Å². The van der Waals surface area contributed by atoms with E-state index < -0.39 is 51.1 Å². The van der Waals surface area contributed by atoms with Gasteiger partial charge in [-0.05, 0) is 89.9 Å². The number of hydrogen-bond donors (Lipinski definition) is 3. The normalized spacial score (nSPS) is 14.6. The summed E-state index contributed by atoms with van der Waals surface area (Å²) in [6.07, 6.45) is 49.3. The summed E-state index contributed by atoms with van der Waals surface area (Å²) in [5.41, 5.74) is 5.33. The number of phosphoric acid groups is 1. The average Bonchev–Trinajstić information content (AvgIpc) is 3.20. The molecule has 4 N–H and O–H groups in total. The van der Waals surface area contributed by atoms with Crippen LogP contribution in [0.3, 0.4) is 0 Å². The van der Waals surface area contributed by atoms with Crippen LogP contribution in [0.1, 0.15) is 155 Å². The predicted octanol–water partition coefficient (Wildman–Crippen LogP) is 11.5. The van der Waals surface area contributed by atoms with E-state index in [1.165, 1.54) is 19.3 Å². The Balaban J connectivity index is 4.48. The molecule has 0 aliphatic carbocycles. The highest BCUT2D eigenvalue weighted by Crippen LogP contribution is 2.43. The molecule has 0 aliphatic heterocycles. The largest absolute Gasteiger partial charge is 0.480 e. The molecule has 0 aromatic rings. The Kier molecular flexibility index (Phi) is 38.1. The van der Waals surface area contributed by atoms with Gasteiger partial charge in [-0.15, -0.1) is 0 Å². The molecular formula is C46H76NO10P. The minimum absolute atomic E-state index is 0.125. The second-order valence-corrected chi connectivity index (χ2v) is 15.5. The van der Waals surface area contributed by atoms with E-state index in [1.807, 2.05) is 0 Å². The fourth-order valence-electron chi connectivity index (χ4n) is 5.24. The van der Waals surface area contributed by atoms with Gasteiger partial charge in [-0.25, -0.2) is 4.57 Å². The van der Waals surface area contributed by atoms with Crippen LogP contribution >= 0.6 is 7.82 Å². The molecule has 0 aliphatic rings. The molecule has 0 rings (SSSR count). The van der Waals surface area contributed by atoms with E-state index in [1.54, 1.807) is 0 Å². The third-order valence-electron chi connectivity index (χ3n) is 8.63. The second kappa shape index (κ2) is 40.4. The summed E-state index contributed by atoms with van der Waals surface area (Å²) in [6.45, 7) is 2.59. The Morgan fingerprint density at radius 1 is 0.552 bits per heavy atom. The van der Waals surface area contributed by atoms with Crippen molar-refractivity contribution in [2.75, 3.05) is 19.8 Å². The lowest BCUT2D eigenvalue weighted by Gasteiger charge is -2.20. The molecule has 330 valence electrons. The Bertz CT molecular complexity index is 1300. The summed E-state index contributed by atoms with van der Waals surface area (Å²) < 4.78 is 32.6. The van der Waals surface area contributed by atoms with Crippen molar-refractivity contribution in [3.05, 3.63) is 85.1 Å². The molecule has 0 heterocycles. The van der Waals surface area contributed by atoms with Crippen LogP contribution in [0.15, 0.2) is 85.1 Å². The highest BCUT2D eigenvalue weighted by Gasteiger charge is 2.28. The minimum atomic E-state index is -4.73. The fourth-order valence-corrected chi connectivity index (χ4v) is 6.02. The van der Waals surface area contributed by atoms with Crippen molar-refractivity contribution in [2.45, 2.75) is 167 Å². The Hall–Kier alpha value is -3.34. The van der Waals surface area contributed by atoms with Crippen molar-refractivity contribution in [1.29, 1.82) is 0 Å². The van der Waals surface area contributed by atoms with Crippen LogP contribution in [0.4, 0.5) is 0 Å². The molecule has 0 saturated heterocycles. The maximum absolute atomic E-state index is 12.6. The standard InChI is InChI=1S/C46H76NO10P/c1-3-5-7-9-11-13-15-17-19-21-23-25-27-29-31-33-35-37-44(48)54-39-42(40-55-58(52,53)56-41-43(47)46(50)51)57-45(49)38-36-34-32-30-28-26-24-22-20-18-16-14-12-10-8-6-4-2/h5,7,11-14,17-20,23-26,42-43H,3-4,6,8-10,15-16,21-22,27-41,47H2,1-2H3,(H,50,51)(H,52,53)/b7-5-,13-11-,14-12-,19-17-,20-18-,25-23-,26-24-/t42-,43+/m1/s1. The molecule has 0 aromatic carbocycles. The topological polar surface area (TPSA) is 172 Å². The van der Waals surface area contributed by atoms with Crippen molar-refractivity contribution in [2.24, 2.45) is 5.73 Å². The summed E-state index contributed by atoms with van der Waals surface area (Å²) in [5, 5.41) is 8.89. The molecule has 0 saturated carbocycles. The first-order valence-electron chi connectivity index (χ1n) is 21.6. The lowest BCUT2D eigenvalue weighted by molar-refractivity contribution is -0.161. The summed E-state index contributed by atoms with van der Waals surface area (Å²) in [5.74, 6) is -2.45. The number of nitrogens with two attached hydrogens (primary N) is 1. The second-order valence-electron chi connectivity index (χ2n) is 14.1. The van der Waals surface area contributed by atoms with Gasteiger partial charge in [-0.2, -0.15) is 0 Å². The molecule has 1 unspecified atom stereocenters. The van der Waals surface area contributed by atoms with Gasteiger partial charge >= 0.3 is 25.7 Å². The van der Waals surface area contributed by atoms with Crippen molar-refractivity contribution >= 4 is 25.7 Å². The van der Waals surface area contributed by atoms with Crippen LogP contribution in [0.25, 0.3) is 0 Å². The van der Waals surface area contributed by atoms with Crippen LogP contribution < -0.4 is 5.73 Å². The molecule has 0 radical (unpaired) electrons. The van der Waals surface area contributed by atoms with Gasteiger partial charge in [0.25, 0.3) is 0 Å². The van der Waals surface area contributed by atoms with E-state index in [2.05, 4.69) is 103 Å². The van der Waals surface area contributed by atoms with Crippen molar-refractivity contribution in [3.63, 3.8) is 0 Å². The van der Waals surface area contributed by atoms with Gasteiger partial charge in [0.15, 0.2) is 6.10 Å². The van der Waals surface area contributed by atoms with Crippen LogP contribution in [0.2, 0.25) is 0 Å². The molecule has 0 fully saturated rings. The van der Waals surface area contributed by atoms with Gasteiger partial charge in [-0.3, -0.25) is 23.4 Å². The van der Waals surface area contributed by atoms with Gasteiger partial charge < -0.3 is 25.2 Å². The summed E-state index contributed by atoms with van der Waals surface area (Å²) in [7, 11) is -4.73. The van der Waals surface area contributed by atoms with Crippen LogP contribution in [0, 0.1) is 0 Å². The van der Waals surface area contributed by atoms with Gasteiger partial charge in [-0.1, -0.05) is 137 Å². The van der Waals surface area contributed by atoms with Crippen LogP contribution in [-0.2, 0) is 37.5 Å². The zero-order valence-corrected chi connectivity index (χ0v) is 36.5. The highest BCUT2D eigenvalue weighted by atomic mass is 31.2. The zero-order chi connectivity index (χ0) is 42.8. The maximum atomic E-state index is 12.6. The third-order valence-corrected chi connectivity index (χ3v) is 9.58. The summed E-state index contributed by atoms with van der Waals surface area (Å²) in [6, 6.07) is -1.53. The van der Waals surface area contributed by atoms with Crippen molar-refractivity contribution in [3.8, 4) is 0 Å². The van der Waals surface area contributed by atoms with Gasteiger partial charge in [0.1, 0.15) is 12.6 Å². The number of esters is 2. The molecule has 0 aromatic heterocycles. The van der Waals surface area contributed by atoms with E-state index in [0.29, 0.717) is 12.8 Å². The van der Waals surface area contributed by atoms with E-state index in [9.17, 15) is 23.8 Å². The van der Waals surface area contributed by atoms with Crippen molar-refractivity contribution in [1.82, 2.24) is 0 Å². The first-order valence-corrected chi connectivity index (χ1v) is 23.1. The number of unbranched alkanes of at least 4 members (excludes halogenated alkanes) is 11. The number of hydrogen-bond acceptors (Lipinski definition) is 9. The number of ether oxygens (including phenoxy) is 2. The third kappa shape index (κ3) is 39.5. The lowest BCUT2D eigenvalue weighted by atomic mass is 10.1. The van der Waals surface area contributed by atoms with Crippen molar-refractivity contribution < 1.29 is 47.5 Å². The number of carbonyl (C=O) groups is 3. The molecule has 0 bridgehead atoms. The predicted molar refractivity (Wildman–Crippen MR) is 235 cm³/mol. The highest BCUT2D eigenvalue weighted by molar-refractivity contribution is 7.47. The fraction of sp³-hybridized carbons (Fsp3) is 0.630. The maximum Gasteiger partial charge on any atom is 0.472 e. The number of aliphatic carboxylic acids is 1. The molecule has 12 heteroatoms. The molecule has 58 heavy (non-hydrogen) atoms. The minimum Gasteiger partial charge on any atom is -0.480 e. The molecular weight excluding hydrogens is 757 g/mol. The Morgan fingerprint density at radius 2 is 0.966 bits per heavy atom. The first kappa shape index (κ1) is 54.7. The SMILES string of the molecule is CC/C=C\C/C=C\C/C=C\C/C=C\CCCCCCC(=O)OC[C@H](COP(=O)(O)OC[C@H](N)C(=O)O)OC(=O)CCCCCC/C=C\C/C=C\C/C=C\CCCCC. The summed E-state index contributed by atoms with van der Waals surface area (Å²) >= 11 is 0. The van der Waals surface area contributed by atoms with E-state index >= 15 is 0 Å². The molecule has 0 amide bonds. The number of allylic oxidation sites excluding steroid dienone is 14. The van der Waals surface area contributed by atoms with Gasteiger partial charge in [0.2, 0.25) is 0 Å². The average molecular weight is 834 g/mol. The molecule has 0 spiro atoms. The number of phosphoric ester groups is 1. The number of rotatable bonds is 39. The Morgan fingerprint density at radius 3 is 1.43 bits per heavy atom. The summed E-state index contributed by atoms with van der Waals surface area (Å²) in [4.78, 5) is 46.0. The number of carboxylic acids is 1. The number of carboxylic acid groups (broad SMARTS) is 1. The smallest absolute Gasteiger partial charge is 0.472 e. The van der Waals surface area contributed by atoms with Crippen LogP contribution in [-0.4, -0.2) is 59.9 Å². The monoisotopic (exact) mass is 834 g/mol. The lowest BCUT2D eigenvalue weighted by Crippen LogP contribution is -2.34. The molecule has 11 nitrogen and oxygen atoms in total.